The lowest BCUT2D eigenvalue weighted by Gasteiger charge is -2.36. The van der Waals surface area contributed by atoms with Crippen LogP contribution in [0.4, 0.5) is 43.9 Å². The Bertz CT molecular complexity index is 678. The average molecular weight is 466 g/mol. The monoisotopic (exact) mass is 466 g/mol. The van der Waals surface area contributed by atoms with Gasteiger partial charge in [0.05, 0.1) is 0 Å². The van der Waals surface area contributed by atoms with Crippen molar-refractivity contribution in [1.82, 2.24) is 0 Å². The summed E-state index contributed by atoms with van der Waals surface area (Å²) in [6.45, 7) is 0. The Labute approximate surface area is 159 Å². The van der Waals surface area contributed by atoms with E-state index in [2.05, 4.69) is 0 Å². The quantitative estimate of drug-likeness (QED) is 0.279. The summed E-state index contributed by atoms with van der Waals surface area (Å²) in [6, 6.07) is 0.570. The van der Waals surface area contributed by atoms with Crippen molar-refractivity contribution in [2.75, 3.05) is 0 Å². The van der Waals surface area contributed by atoms with E-state index in [0.29, 0.717) is 0 Å². The van der Waals surface area contributed by atoms with E-state index in [9.17, 15) is 54.1 Å². The second-order valence-electron chi connectivity index (χ2n) is 6.06. The first-order valence-electron chi connectivity index (χ1n) is 7.28. The van der Waals surface area contributed by atoms with Crippen LogP contribution in [0.5, 0.6) is 0 Å². The van der Waals surface area contributed by atoms with Crippen LogP contribution in [0.15, 0.2) is 24.3 Å². The highest BCUT2D eigenvalue weighted by Gasteiger charge is 2.73. The van der Waals surface area contributed by atoms with Crippen molar-refractivity contribution >= 4 is 0 Å². The van der Waals surface area contributed by atoms with Gasteiger partial charge in [-0.15, -0.1) is 0 Å². The molecule has 1 rings (SSSR count). The first-order valence-corrected chi connectivity index (χ1v) is 7.28. The van der Waals surface area contributed by atoms with E-state index >= 15 is 0 Å². The molecule has 0 aliphatic heterocycles. The van der Waals surface area contributed by atoms with E-state index in [1.807, 2.05) is 0 Å². The Morgan fingerprint density at radius 1 is 0.500 bits per heavy atom. The maximum atomic E-state index is 13.7. The number of aliphatic hydroxyl groups excluding tert-OH is 2. The summed E-state index contributed by atoms with van der Waals surface area (Å²) >= 11 is 0. The molecule has 0 heterocycles. The Balaban J connectivity index is 3.26. The number of hydrogen-bond donors (Lipinski definition) is 6. The summed E-state index contributed by atoms with van der Waals surface area (Å²) in [6.07, 6.45) is -19.9. The molecule has 0 spiro atoms. The number of alkyl halides is 10. The van der Waals surface area contributed by atoms with Crippen molar-refractivity contribution in [3.63, 3.8) is 0 Å². The molecule has 0 aliphatic rings. The predicted molar refractivity (Wildman–Crippen MR) is 72.7 cm³/mol. The molecule has 2 atom stereocenters. The first-order chi connectivity index (χ1) is 13.0. The fourth-order valence-electron chi connectivity index (χ4n) is 2.04. The highest BCUT2D eigenvalue weighted by Crippen LogP contribution is 2.48. The van der Waals surface area contributed by atoms with Crippen LogP contribution < -0.4 is 0 Å². The van der Waals surface area contributed by atoms with Crippen LogP contribution in [-0.4, -0.2) is 66.4 Å². The number of hydrogen-bond acceptors (Lipinski definition) is 6. The van der Waals surface area contributed by atoms with E-state index in [1.54, 1.807) is 0 Å². The molecule has 0 aromatic heterocycles. The van der Waals surface area contributed by atoms with Crippen LogP contribution in [0.25, 0.3) is 0 Å². The van der Waals surface area contributed by atoms with Crippen LogP contribution >= 0.6 is 0 Å². The van der Waals surface area contributed by atoms with Crippen LogP contribution in [0.1, 0.15) is 23.3 Å². The van der Waals surface area contributed by atoms with Crippen LogP contribution in [0, 0.1) is 0 Å². The summed E-state index contributed by atoms with van der Waals surface area (Å²) in [5, 5.41) is 53.3. The van der Waals surface area contributed by atoms with Crippen LogP contribution in [0.2, 0.25) is 0 Å². The summed E-state index contributed by atoms with van der Waals surface area (Å²) in [4.78, 5) is 0. The largest absolute Gasteiger partial charge is 0.449 e. The lowest BCUT2D eigenvalue weighted by Crippen LogP contribution is -2.61. The van der Waals surface area contributed by atoms with Gasteiger partial charge in [-0.05, 0) is 11.1 Å². The van der Waals surface area contributed by atoms with Crippen molar-refractivity contribution in [2.45, 2.75) is 48.0 Å². The van der Waals surface area contributed by atoms with Gasteiger partial charge in [0.1, 0.15) is 12.2 Å². The Kier molecular flexibility index (Phi) is 6.54. The Hall–Kier alpha value is -1.72. The van der Waals surface area contributed by atoms with Crippen LogP contribution in [-0.2, 0) is 0 Å². The van der Waals surface area contributed by atoms with Gasteiger partial charge in [0.2, 0.25) is 0 Å². The maximum absolute atomic E-state index is 13.7. The molecule has 0 saturated carbocycles. The summed E-state index contributed by atoms with van der Waals surface area (Å²) < 4.78 is 129. The second-order valence-corrected chi connectivity index (χ2v) is 6.06. The molecule has 0 bridgehead atoms. The molecule has 6 N–H and O–H groups in total. The van der Waals surface area contributed by atoms with Crippen molar-refractivity contribution in [1.29, 1.82) is 0 Å². The third-order valence-corrected chi connectivity index (χ3v) is 3.97. The van der Waals surface area contributed by atoms with Gasteiger partial charge in [0.15, 0.2) is 0 Å². The molecule has 174 valence electrons. The molecule has 1 aromatic rings. The SMILES string of the molecule is OC(c1ccc(C(O)C(F)(F)C(O)(O)C(F)(F)F)cc1)C(F)(F)C(O)(O)C(F)(F)F. The van der Waals surface area contributed by atoms with Gasteiger partial charge in [-0.2, -0.15) is 43.9 Å². The number of rotatable bonds is 6. The fraction of sp³-hybridized carbons (Fsp3) is 0.571. The maximum Gasteiger partial charge on any atom is 0.449 e. The van der Waals surface area contributed by atoms with Gasteiger partial charge < -0.3 is 30.6 Å². The lowest BCUT2D eigenvalue weighted by atomic mass is 9.92. The number of aliphatic hydroxyl groups is 6. The molecule has 2 unspecified atom stereocenters. The molecule has 1 aromatic carbocycles. The van der Waals surface area contributed by atoms with Crippen molar-refractivity contribution in [2.24, 2.45) is 0 Å². The molecule has 0 amide bonds. The van der Waals surface area contributed by atoms with Gasteiger partial charge >= 0.3 is 35.8 Å². The topological polar surface area (TPSA) is 121 Å². The van der Waals surface area contributed by atoms with Crippen molar-refractivity contribution in [3.8, 4) is 0 Å². The highest BCUT2D eigenvalue weighted by molar-refractivity contribution is 5.29. The molecule has 0 aliphatic carbocycles. The molecule has 16 heteroatoms. The smallest absolute Gasteiger partial charge is 0.382 e. The fourth-order valence-corrected chi connectivity index (χ4v) is 2.04. The zero-order chi connectivity index (χ0) is 24.1. The molecule has 6 nitrogen and oxygen atoms in total. The highest BCUT2D eigenvalue weighted by atomic mass is 19.4. The molecular formula is C14H12F10O6. The molecule has 0 saturated heterocycles. The zero-order valence-corrected chi connectivity index (χ0v) is 13.9. The van der Waals surface area contributed by atoms with Gasteiger partial charge in [-0.1, -0.05) is 24.3 Å². The minimum Gasteiger partial charge on any atom is -0.382 e. The minimum absolute atomic E-state index is 0.143. The third kappa shape index (κ3) is 4.06. The van der Waals surface area contributed by atoms with Crippen molar-refractivity contribution < 1.29 is 74.5 Å². The number of benzene rings is 1. The third-order valence-electron chi connectivity index (χ3n) is 3.97. The van der Waals surface area contributed by atoms with Gasteiger partial charge in [-0.25, -0.2) is 0 Å². The zero-order valence-electron chi connectivity index (χ0n) is 13.9. The summed E-state index contributed by atoms with van der Waals surface area (Å²) in [7, 11) is 0. The van der Waals surface area contributed by atoms with E-state index in [-0.39, 0.29) is 24.3 Å². The van der Waals surface area contributed by atoms with E-state index in [1.165, 1.54) is 0 Å². The molecule has 30 heavy (non-hydrogen) atoms. The van der Waals surface area contributed by atoms with Gasteiger partial charge in [-0.3, -0.25) is 0 Å². The molecular weight excluding hydrogens is 454 g/mol. The average Bonchev–Trinajstić information content (AvgIpc) is 2.58. The summed E-state index contributed by atoms with van der Waals surface area (Å²) in [5.41, 5.74) is -2.52. The molecule has 0 fully saturated rings. The van der Waals surface area contributed by atoms with Crippen LogP contribution in [0.3, 0.4) is 0 Å². The summed E-state index contributed by atoms with van der Waals surface area (Å²) in [5.74, 6) is -22.9. The lowest BCUT2D eigenvalue weighted by molar-refractivity contribution is -0.430. The van der Waals surface area contributed by atoms with Crippen molar-refractivity contribution in [3.05, 3.63) is 35.4 Å². The Morgan fingerprint density at radius 2 is 0.700 bits per heavy atom. The normalized spacial score (nSPS) is 17.1. The minimum atomic E-state index is -6.35. The van der Waals surface area contributed by atoms with E-state index < -0.39 is 59.1 Å². The second kappa shape index (κ2) is 7.45. The van der Waals surface area contributed by atoms with Gasteiger partial charge in [0, 0.05) is 0 Å². The number of halogens is 10. The Morgan fingerprint density at radius 3 is 0.867 bits per heavy atom. The molecule has 0 radical (unpaired) electrons. The predicted octanol–water partition coefficient (Wildman–Crippen LogP) is 1.51. The van der Waals surface area contributed by atoms with E-state index in [4.69, 9.17) is 20.4 Å². The standard InChI is InChI=1S/C14H12F10O6/c15-9(16,11(27,28)13(19,20)21)7(25)5-1-2-6(4-3-5)8(26)10(17,18)12(29,30)14(22,23)24/h1-4,7-8,25-30H. The van der Waals surface area contributed by atoms with E-state index in [0.717, 1.165) is 0 Å². The van der Waals surface area contributed by atoms with Gasteiger partial charge in [0.25, 0.3) is 0 Å². The first kappa shape index (κ1) is 26.3.